The van der Waals surface area contributed by atoms with E-state index < -0.39 is 18.7 Å². The Morgan fingerprint density at radius 3 is 2.63 bits per heavy atom. The third-order valence-corrected chi connectivity index (χ3v) is 3.50. The normalized spacial score (nSPS) is 26.4. The Balaban J connectivity index is 2.05. The van der Waals surface area contributed by atoms with Crippen molar-refractivity contribution >= 4 is 0 Å². The highest BCUT2D eigenvalue weighted by atomic mass is 19.4. The molecule has 0 radical (unpaired) electrons. The van der Waals surface area contributed by atoms with Gasteiger partial charge in [-0.1, -0.05) is 19.8 Å². The van der Waals surface area contributed by atoms with E-state index in [1.54, 1.807) is 0 Å². The van der Waals surface area contributed by atoms with Crippen molar-refractivity contribution in [1.29, 1.82) is 0 Å². The van der Waals surface area contributed by atoms with Crippen molar-refractivity contribution < 1.29 is 23.0 Å². The van der Waals surface area contributed by atoms with Crippen LogP contribution in [0.2, 0.25) is 0 Å². The summed E-state index contributed by atoms with van der Waals surface area (Å²) in [6.07, 6.45) is -1.06. The van der Waals surface area contributed by atoms with Gasteiger partial charge >= 0.3 is 6.18 Å². The molecule has 2 N–H and O–H groups in total. The van der Waals surface area contributed by atoms with Crippen LogP contribution in [0.1, 0.15) is 39.0 Å². The van der Waals surface area contributed by atoms with Crippen LogP contribution in [0, 0.1) is 5.92 Å². The Morgan fingerprint density at radius 2 is 2.00 bits per heavy atom. The summed E-state index contributed by atoms with van der Waals surface area (Å²) in [7, 11) is 0. The Bertz CT molecular complexity index is 249. The van der Waals surface area contributed by atoms with Gasteiger partial charge in [-0.3, -0.25) is 0 Å². The number of nitrogens with one attached hydrogen (secondary N) is 1. The minimum Gasteiger partial charge on any atom is -0.389 e. The first-order valence-electron chi connectivity index (χ1n) is 6.95. The SMILES string of the molecule is CC1CCCCC1OCC(O)CNCCC(F)(F)F. The van der Waals surface area contributed by atoms with Gasteiger partial charge in [0.25, 0.3) is 0 Å². The van der Waals surface area contributed by atoms with Gasteiger partial charge in [-0.15, -0.1) is 0 Å². The maximum atomic E-state index is 11.9. The second-order valence-electron chi connectivity index (χ2n) is 5.36. The number of aliphatic hydroxyl groups is 1. The predicted octanol–water partition coefficient (Wildman–Crippen LogP) is 2.48. The van der Waals surface area contributed by atoms with Crippen LogP contribution in [0.4, 0.5) is 13.2 Å². The van der Waals surface area contributed by atoms with Crippen molar-refractivity contribution in [3.05, 3.63) is 0 Å². The van der Waals surface area contributed by atoms with Gasteiger partial charge in [0, 0.05) is 13.1 Å². The van der Waals surface area contributed by atoms with E-state index in [1.165, 1.54) is 6.42 Å². The molecule has 0 saturated heterocycles. The zero-order valence-electron chi connectivity index (χ0n) is 11.4. The molecule has 0 aromatic rings. The number of rotatable bonds is 7. The Kier molecular flexibility index (Phi) is 7.10. The molecule has 0 spiro atoms. The van der Waals surface area contributed by atoms with Crippen molar-refractivity contribution in [3.8, 4) is 0 Å². The molecule has 0 aromatic carbocycles. The quantitative estimate of drug-likeness (QED) is 0.705. The van der Waals surface area contributed by atoms with Crippen LogP contribution in [0.3, 0.4) is 0 Å². The molecule has 1 fully saturated rings. The zero-order chi connectivity index (χ0) is 14.3. The maximum Gasteiger partial charge on any atom is 0.390 e. The molecule has 1 aliphatic carbocycles. The summed E-state index contributed by atoms with van der Waals surface area (Å²) in [6.45, 7) is 2.30. The lowest BCUT2D eigenvalue weighted by Gasteiger charge is -2.29. The molecule has 114 valence electrons. The van der Waals surface area contributed by atoms with E-state index in [9.17, 15) is 18.3 Å². The Hall–Kier alpha value is -0.330. The molecule has 0 aliphatic heterocycles. The van der Waals surface area contributed by atoms with Crippen LogP contribution in [0.5, 0.6) is 0 Å². The molecule has 3 unspecified atom stereocenters. The molecule has 6 heteroatoms. The van der Waals surface area contributed by atoms with Gasteiger partial charge in [0.05, 0.1) is 25.2 Å². The van der Waals surface area contributed by atoms with Gasteiger partial charge in [0.1, 0.15) is 0 Å². The molecule has 1 rings (SSSR count). The van der Waals surface area contributed by atoms with Crippen LogP contribution >= 0.6 is 0 Å². The smallest absolute Gasteiger partial charge is 0.389 e. The number of halogens is 3. The highest BCUT2D eigenvalue weighted by molar-refractivity contribution is 4.73. The highest BCUT2D eigenvalue weighted by Gasteiger charge is 2.26. The Morgan fingerprint density at radius 1 is 1.32 bits per heavy atom. The third-order valence-electron chi connectivity index (χ3n) is 3.50. The van der Waals surface area contributed by atoms with E-state index in [0.29, 0.717) is 5.92 Å². The lowest BCUT2D eigenvalue weighted by molar-refractivity contribution is -0.133. The molecule has 1 aliphatic rings. The van der Waals surface area contributed by atoms with Gasteiger partial charge in [-0.25, -0.2) is 0 Å². The largest absolute Gasteiger partial charge is 0.390 e. The van der Waals surface area contributed by atoms with Crippen LogP contribution < -0.4 is 5.32 Å². The molecule has 0 amide bonds. The van der Waals surface area contributed by atoms with Gasteiger partial charge in [-0.2, -0.15) is 13.2 Å². The fourth-order valence-electron chi connectivity index (χ4n) is 2.32. The molecular weight excluding hydrogens is 259 g/mol. The molecule has 3 atom stereocenters. The van der Waals surface area contributed by atoms with E-state index in [1.807, 2.05) is 0 Å². The van der Waals surface area contributed by atoms with Gasteiger partial charge in [-0.05, 0) is 18.8 Å². The van der Waals surface area contributed by atoms with E-state index in [-0.39, 0.29) is 25.8 Å². The van der Waals surface area contributed by atoms with E-state index in [2.05, 4.69) is 12.2 Å². The van der Waals surface area contributed by atoms with Crippen molar-refractivity contribution in [2.75, 3.05) is 19.7 Å². The van der Waals surface area contributed by atoms with E-state index >= 15 is 0 Å². The second-order valence-corrected chi connectivity index (χ2v) is 5.36. The molecule has 3 nitrogen and oxygen atoms in total. The average molecular weight is 283 g/mol. The van der Waals surface area contributed by atoms with Crippen molar-refractivity contribution in [2.24, 2.45) is 5.92 Å². The monoisotopic (exact) mass is 283 g/mol. The first kappa shape index (κ1) is 16.7. The Labute approximate surface area is 112 Å². The zero-order valence-corrected chi connectivity index (χ0v) is 11.4. The van der Waals surface area contributed by atoms with Gasteiger partial charge < -0.3 is 15.2 Å². The number of hydrogen-bond donors (Lipinski definition) is 2. The van der Waals surface area contributed by atoms with Crippen molar-refractivity contribution in [1.82, 2.24) is 5.32 Å². The summed E-state index contributed by atoms with van der Waals surface area (Å²) >= 11 is 0. The maximum absolute atomic E-state index is 11.9. The molecule has 0 bridgehead atoms. The first-order chi connectivity index (χ1) is 8.88. The summed E-state index contributed by atoms with van der Waals surface area (Å²) in [6, 6.07) is 0. The van der Waals surface area contributed by atoms with E-state index in [0.717, 1.165) is 19.3 Å². The number of aliphatic hydroxyl groups excluding tert-OH is 1. The minimum atomic E-state index is -4.15. The first-order valence-corrected chi connectivity index (χ1v) is 6.95. The lowest BCUT2D eigenvalue weighted by Crippen LogP contribution is -2.35. The second kappa shape index (κ2) is 8.07. The topological polar surface area (TPSA) is 41.5 Å². The van der Waals surface area contributed by atoms with Crippen molar-refractivity contribution in [3.63, 3.8) is 0 Å². The van der Waals surface area contributed by atoms with Crippen molar-refractivity contribution in [2.45, 2.75) is 57.4 Å². The summed E-state index contributed by atoms with van der Waals surface area (Å²) in [5.41, 5.74) is 0. The van der Waals surface area contributed by atoms with Gasteiger partial charge in [0.15, 0.2) is 0 Å². The third kappa shape index (κ3) is 7.74. The van der Waals surface area contributed by atoms with Crippen LogP contribution in [0.15, 0.2) is 0 Å². The van der Waals surface area contributed by atoms with Gasteiger partial charge in [0.2, 0.25) is 0 Å². The number of alkyl halides is 3. The summed E-state index contributed by atoms with van der Waals surface area (Å²) < 4.78 is 41.3. The van der Waals surface area contributed by atoms with Crippen LogP contribution in [-0.4, -0.2) is 43.2 Å². The molecular formula is C13H24F3NO2. The molecule has 0 heterocycles. The molecule has 19 heavy (non-hydrogen) atoms. The number of ether oxygens (including phenoxy) is 1. The minimum absolute atomic E-state index is 0.136. The summed E-state index contributed by atoms with van der Waals surface area (Å²) in [5.74, 6) is 0.499. The lowest BCUT2D eigenvalue weighted by atomic mass is 9.88. The standard InChI is InChI=1S/C13H24F3NO2/c1-10-4-2-3-5-12(10)19-9-11(18)8-17-7-6-13(14,15)16/h10-12,17-18H,2-9H2,1H3. The summed E-state index contributed by atoms with van der Waals surface area (Å²) in [4.78, 5) is 0. The molecule has 0 aromatic heterocycles. The van der Waals surface area contributed by atoms with Crippen LogP contribution in [0.25, 0.3) is 0 Å². The predicted molar refractivity (Wildman–Crippen MR) is 66.9 cm³/mol. The molecule has 1 saturated carbocycles. The highest BCUT2D eigenvalue weighted by Crippen LogP contribution is 2.26. The average Bonchev–Trinajstić information content (AvgIpc) is 2.32. The fourth-order valence-corrected chi connectivity index (χ4v) is 2.32. The van der Waals surface area contributed by atoms with E-state index in [4.69, 9.17) is 4.74 Å². The summed E-state index contributed by atoms with van der Waals surface area (Å²) in [5, 5.41) is 12.2. The van der Waals surface area contributed by atoms with Crippen LogP contribution in [-0.2, 0) is 4.74 Å². The number of hydrogen-bond acceptors (Lipinski definition) is 3. The fraction of sp³-hybridized carbons (Fsp3) is 1.00.